The minimum atomic E-state index is 0.291. The van der Waals surface area contributed by atoms with Gasteiger partial charge in [-0.05, 0) is 25.8 Å². The lowest BCUT2D eigenvalue weighted by Crippen LogP contribution is -2.40. The molecule has 1 fully saturated rings. The quantitative estimate of drug-likeness (QED) is 0.875. The monoisotopic (exact) mass is 240 g/mol. The van der Waals surface area contributed by atoms with Crippen LogP contribution in [0, 0.1) is 0 Å². The average Bonchev–Trinajstić information content (AvgIpc) is 2.77. The van der Waals surface area contributed by atoms with Gasteiger partial charge in [0.15, 0.2) is 0 Å². The molecule has 4 heteroatoms. The number of aromatic nitrogens is 1. The van der Waals surface area contributed by atoms with E-state index in [0.717, 1.165) is 25.9 Å². The van der Waals surface area contributed by atoms with Crippen LogP contribution in [-0.2, 0) is 13.0 Å². The maximum Gasteiger partial charge on any atom is 0.0925 e. The summed E-state index contributed by atoms with van der Waals surface area (Å²) in [6, 6.07) is 0.362. The fourth-order valence-corrected chi connectivity index (χ4v) is 3.15. The molecule has 0 aliphatic carbocycles. The molecule has 1 aliphatic rings. The molecule has 0 bridgehead atoms. The highest BCUT2D eigenvalue weighted by molar-refractivity contribution is 7.11. The predicted molar refractivity (Wildman–Crippen MR) is 66.6 cm³/mol. The first kappa shape index (κ1) is 12.0. The summed E-state index contributed by atoms with van der Waals surface area (Å²) >= 11 is 1.80. The molecule has 1 saturated heterocycles. The largest absolute Gasteiger partial charge is 0.395 e. The molecule has 1 N–H and O–H groups in total. The molecule has 0 amide bonds. The molecular formula is C12H20N2OS. The van der Waals surface area contributed by atoms with Crippen molar-refractivity contribution in [1.82, 2.24) is 9.88 Å². The fourth-order valence-electron chi connectivity index (χ4n) is 2.26. The van der Waals surface area contributed by atoms with E-state index in [4.69, 9.17) is 0 Å². The molecule has 16 heavy (non-hydrogen) atoms. The van der Waals surface area contributed by atoms with Crippen LogP contribution in [-0.4, -0.2) is 34.2 Å². The third-order valence-electron chi connectivity index (χ3n) is 3.22. The Bertz CT molecular complexity index is 327. The zero-order valence-electron chi connectivity index (χ0n) is 9.85. The van der Waals surface area contributed by atoms with Gasteiger partial charge in [0, 0.05) is 23.7 Å². The van der Waals surface area contributed by atoms with Crippen LogP contribution in [0.25, 0.3) is 0 Å². The highest BCUT2D eigenvalue weighted by Gasteiger charge is 2.22. The third kappa shape index (κ3) is 2.81. The standard InChI is InChI=1S/C12H20N2OS/c1-2-12-13-7-11(16-12)8-14-6-4-3-5-10(14)9-15/h7,10,15H,2-6,8-9H2,1H3. The lowest BCUT2D eigenvalue weighted by Gasteiger charge is -2.34. The molecule has 1 unspecified atom stereocenters. The van der Waals surface area contributed by atoms with Crippen molar-refractivity contribution in [3.8, 4) is 0 Å². The van der Waals surface area contributed by atoms with Crippen molar-refractivity contribution >= 4 is 11.3 Å². The molecular weight excluding hydrogens is 220 g/mol. The van der Waals surface area contributed by atoms with Crippen LogP contribution in [0.1, 0.15) is 36.1 Å². The van der Waals surface area contributed by atoms with E-state index in [9.17, 15) is 5.11 Å². The van der Waals surface area contributed by atoms with E-state index >= 15 is 0 Å². The zero-order valence-corrected chi connectivity index (χ0v) is 10.7. The highest BCUT2D eigenvalue weighted by atomic mass is 32.1. The Balaban J connectivity index is 1.96. The van der Waals surface area contributed by atoms with Gasteiger partial charge >= 0.3 is 0 Å². The molecule has 3 nitrogen and oxygen atoms in total. The number of aliphatic hydroxyl groups excluding tert-OH is 1. The third-order valence-corrected chi connectivity index (χ3v) is 4.35. The van der Waals surface area contributed by atoms with E-state index in [0.29, 0.717) is 12.6 Å². The predicted octanol–water partition coefficient (Wildman–Crippen LogP) is 2.05. The van der Waals surface area contributed by atoms with Gasteiger partial charge in [-0.25, -0.2) is 4.98 Å². The Morgan fingerprint density at radius 2 is 2.44 bits per heavy atom. The molecule has 0 aromatic carbocycles. The summed E-state index contributed by atoms with van der Waals surface area (Å²) < 4.78 is 0. The van der Waals surface area contributed by atoms with Gasteiger partial charge in [0.25, 0.3) is 0 Å². The van der Waals surface area contributed by atoms with E-state index in [1.807, 2.05) is 6.20 Å². The first-order valence-electron chi connectivity index (χ1n) is 6.12. The van der Waals surface area contributed by atoms with E-state index in [-0.39, 0.29) is 0 Å². The van der Waals surface area contributed by atoms with Crippen LogP contribution < -0.4 is 0 Å². The van der Waals surface area contributed by atoms with Crippen LogP contribution in [0.3, 0.4) is 0 Å². The fraction of sp³-hybridized carbons (Fsp3) is 0.750. The first-order chi connectivity index (χ1) is 7.83. The van der Waals surface area contributed by atoms with Gasteiger partial charge in [0.05, 0.1) is 11.6 Å². The number of nitrogens with zero attached hydrogens (tertiary/aromatic N) is 2. The maximum atomic E-state index is 9.34. The van der Waals surface area contributed by atoms with Gasteiger partial charge in [-0.1, -0.05) is 13.3 Å². The Labute approximate surface area is 101 Å². The summed E-state index contributed by atoms with van der Waals surface area (Å²) in [5.74, 6) is 0. The van der Waals surface area contributed by atoms with Crippen LogP contribution in [0.15, 0.2) is 6.20 Å². The van der Waals surface area contributed by atoms with Gasteiger partial charge in [0.2, 0.25) is 0 Å². The number of aliphatic hydroxyl groups is 1. The summed E-state index contributed by atoms with van der Waals surface area (Å²) in [7, 11) is 0. The highest BCUT2D eigenvalue weighted by Crippen LogP contribution is 2.22. The van der Waals surface area contributed by atoms with Crippen LogP contribution in [0.2, 0.25) is 0 Å². The average molecular weight is 240 g/mol. The van der Waals surface area contributed by atoms with Crippen LogP contribution in [0.4, 0.5) is 0 Å². The molecule has 2 rings (SSSR count). The molecule has 90 valence electrons. The van der Waals surface area contributed by atoms with E-state index in [2.05, 4.69) is 16.8 Å². The molecule has 1 atom stereocenters. The summed E-state index contributed by atoms with van der Waals surface area (Å²) in [5, 5.41) is 10.6. The molecule has 0 saturated carbocycles. The number of aryl methyl sites for hydroxylation is 1. The summed E-state index contributed by atoms with van der Waals surface area (Å²) in [6.45, 7) is 4.51. The van der Waals surface area contributed by atoms with E-state index in [1.54, 1.807) is 11.3 Å². The topological polar surface area (TPSA) is 36.4 Å². The summed E-state index contributed by atoms with van der Waals surface area (Å²) in [6.07, 6.45) is 6.66. The van der Waals surface area contributed by atoms with Crippen molar-refractivity contribution in [2.24, 2.45) is 0 Å². The van der Waals surface area contributed by atoms with Gasteiger partial charge in [-0.15, -0.1) is 11.3 Å². The molecule has 1 aromatic rings. The number of rotatable bonds is 4. The normalized spacial score (nSPS) is 22.5. The minimum Gasteiger partial charge on any atom is -0.395 e. The summed E-state index contributed by atoms with van der Waals surface area (Å²) in [5.41, 5.74) is 0. The van der Waals surface area contributed by atoms with Gasteiger partial charge in [-0.2, -0.15) is 0 Å². The number of thiazole rings is 1. The number of likely N-dealkylation sites (tertiary alicyclic amines) is 1. The Kier molecular flexibility index (Phi) is 4.32. The molecule has 1 aliphatic heterocycles. The second-order valence-electron chi connectivity index (χ2n) is 4.38. The van der Waals surface area contributed by atoms with Crippen LogP contribution in [0.5, 0.6) is 0 Å². The molecule has 0 radical (unpaired) electrons. The summed E-state index contributed by atoms with van der Waals surface area (Å²) in [4.78, 5) is 8.11. The van der Waals surface area contributed by atoms with Crippen LogP contribution >= 0.6 is 11.3 Å². The number of hydrogen-bond acceptors (Lipinski definition) is 4. The number of piperidine rings is 1. The van der Waals surface area contributed by atoms with Crippen molar-refractivity contribution in [3.05, 3.63) is 16.1 Å². The van der Waals surface area contributed by atoms with Gasteiger partial charge in [0.1, 0.15) is 0 Å². The number of hydrogen-bond donors (Lipinski definition) is 1. The van der Waals surface area contributed by atoms with Crippen molar-refractivity contribution < 1.29 is 5.11 Å². The Morgan fingerprint density at radius 3 is 3.12 bits per heavy atom. The lowest BCUT2D eigenvalue weighted by atomic mass is 10.0. The molecule has 1 aromatic heterocycles. The van der Waals surface area contributed by atoms with Gasteiger partial charge in [-0.3, -0.25) is 4.90 Å². The van der Waals surface area contributed by atoms with Crippen molar-refractivity contribution in [1.29, 1.82) is 0 Å². The lowest BCUT2D eigenvalue weighted by molar-refractivity contribution is 0.0849. The van der Waals surface area contributed by atoms with Crippen molar-refractivity contribution in [3.63, 3.8) is 0 Å². The maximum absolute atomic E-state index is 9.34. The van der Waals surface area contributed by atoms with E-state index < -0.39 is 0 Å². The Morgan fingerprint density at radius 1 is 1.56 bits per heavy atom. The molecule has 2 heterocycles. The second-order valence-corrected chi connectivity index (χ2v) is 5.58. The van der Waals surface area contributed by atoms with E-state index in [1.165, 1.54) is 22.7 Å². The van der Waals surface area contributed by atoms with Gasteiger partial charge < -0.3 is 5.11 Å². The Hall–Kier alpha value is -0.450. The minimum absolute atomic E-state index is 0.291. The zero-order chi connectivity index (χ0) is 11.4. The smallest absolute Gasteiger partial charge is 0.0925 e. The molecule has 0 spiro atoms. The van der Waals surface area contributed by atoms with Crippen molar-refractivity contribution in [2.45, 2.75) is 45.2 Å². The second kappa shape index (κ2) is 5.75. The van der Waals surface area contributed by atoms with Crippen molar-refractivity contribution in [2.75, 3.05) is 13.2 Å². The first-order valence-corrected chi connectivity index (χ1v) is 6.93. The SMILES string of the molecule is CCc1ncc(CN2CCCCC2CO)s1.